The van der Waals surface area contributed by atoms with E-state index in [2.05, 4.69) is 0 Å². The largest absolute Gasteiger partial charge is 0.459 e. The molecule has 0 unspecified atom stereocenters. The highest BCUT2D eigenvalue weighted by atomic mass is 32.2. The van der Waals surface area contributed by atoms with Crippen molar-refractivity contribution in [2.75, 3.05) is 11.5 Å². The molecule has 134 valence electrons. The Bertz CT molecular complexity index is 1040. The number of hydrogen-bond acceptors (Lipinski definition) is 4. The Morgan fingerprint density at radius 2 is 1.88 bits per heavy atom. The van der Waals surface area contributed by atoms with Crippen molar-refractivity contribution in [1.29, 1.82) is 0 Å². The summed E-state index contributed by atoms with van der Waals surface area (Å²) < 4.78 is 29.2. The second-order valence-corrected chi connectivity index (χ2v) is 8.83. The molecule has 0 radical (unpaired) electrons. The van der Waals surface area contributed by atoms with Crippen molar-refractivity contribution in [1.82, 2.24) is 4.90 Å². The lowest BCUT2D eigenvalue weighted by molar-refractivity contribution is 0.0649. The van der Waals surface area contributed by atoms with E-state index < -0.39 is 9.84 Å². The van der Waals surface area contributed by atoms with Gasteiger partial charge in [-0.05, 0) is 34.9 Å². The summed E-state index contributed by atoms with van der Waals surface area (Å²) in [5.74, 6) is 0.0823. The van der Waals surface area contributed by atoms with Gasteiger partial charge in [-0.25, -0.2) is 8.42 Å². The molecule has 0 N–H and O–H groups in total. The topological polar surface area (TPSA) is 67.6 Å². The Hall–Kier alpha value is -2.60. The third kappa shape index (κ3) is 3.24. The van der Waals surface area contributed by atoms with E-state index in [1.54, 1.807) is 17.0 Å². The van der Waals surface area contributed by atoms with E-state index in [0.717, 1.165) is 16.3 Å². The predicted octanol–water partition coefficient (Wildman–Crippen LogP) is 3.26. The van der Waals surface area contributed by atoms with Crippen LogP contribution in [0.1, 0.15) is 22.5 Å². The van der Waals surface area contributed by atoms with Gasteiger partial charge in [0, 0.05) is 12.6 Å². The molecule has 0 saturated carbocycles. The molecule has 5 nitrogen and oxygen atoms in total. The number of carbonyl (C=O) groups excluding carboxylic acids is 1. The van der Waals surface area contributed by atoms with Gasteiger partial charge in [0.25, 0.3) is 5.91 Å². The first-order chi connectivity index (χ1) is 12.5. The molecule has 1 fully saturated rings. The van der Waals surface area contributed by atoms with Gasteiger partial charge in [0.2, 0.25) is 0 Å². The molecule has 1 aliphatic rings. The quantitative estimate of drug-likeness (QED) is 0.708. The fourth-order valence-electron chi connectivity index (χ4n) is 3.54. The molecule has 0 bridgehead atoms. The lowest BCUT2D eigenvalue weighted by Crippen LogP contribution is -2.40. The standard InChI is InChI=1S/C20H19NO4S/c22-20(19-9-4-11-25-19)21(17-10-12-26(23,24)14-17)13-16-7-3-6-15-5-1-2-8-18(15)16/h1-9,11,17H,10,12-14H2/t17-/m0/s1. The van der Waals surface area contributed by atoms with Crippen molar-refractivity contribution in [2.24, 2.45) is 0 Å². The number of fused-ring (bicyclic) bond motifs is 1. The predicted molar refractivity (Wildman–Crippen MR) is 99.6 cm³/mol. The summed E-state index contributed by atoms with van der Waals surface area (Å²) in [4.78, 5) is 14.6. The first-order valence-corrected chi connectivity index (χ1v) is 10.4. The van der Waals surface area contributed by atoms with Crippen LogP contribution in [-0.4, -0.2) is 36.8 Å². The molecule has 1 aliphatic heterocycles. The van der Waals surface area contributed by atoms with Crippen LogP contribution in [0.2, 0.25) is 0 Å². The number of sulfone groups is 1. The SMILES string of the molecule is O=C(c1ccco1)N(Cc1cccc2ccccc12)[C@H]1CCS(=O)(=O)C1. The maximum atomic E-state index is 13.0. The molecule has 1 saturated heterocycles. The maximum absolute atomic E-state index is 13.0. The zero-order chi connectivity index (χ0) is 18.1. The normalized spacial score (nSPS) is 18.8. The highest BCUT2D eigenvalue weighted by Crippen LogP contribution is 2.26. The van der Waals surface area contributed by atoms with E-state index in [-0.39, 0.29) is 29.2 Å². The van der Waals surface area contributed by atoms with Crippen LogP contribution in [0, 0.1) is 0 Å². The van der Waals surface area contributed by atoms with Crippen molar-refractivity contribution < 1.29 is 17.6 Å². The number of hydrogen-bond donors (Lipinski definition) is 0. The fraction of sp³-hybridized carbons (Fsp3) is 0.250. The minimum atomic E-state index is -3.10. The molecule has 1 atom stereocenters. The van der Waals surface area contributed by atoms with E-state index in [0.29, 0.717) is 13.0 Å². The van der Waals surface area contributed by atoms with Crippen LogP contribution in [0.15, 0.2) is 65.3 Å². The molecule has 0 spiro atoms. The summed E-state index contributed by atoms with van der Waals surface area (Å²) in [5, 5.41) is 2.16. The number of nitrogens with zero attached hydrogens (tertiary/aromatic N) is 1. The first kappa shape index (κ1) is 16.8. The zero-order valence-corrected chi connectivity index (χ0v) is 15.0. The van der Waals surface area contributed by atoms with Crippen LogP contribution in [0.25, 0.3) is 10.8 Å². The van der Waals surface area contributed by atoms with Crippen molar-refractivity contribution in [2.45, 2.75) is 19.0 Å². The lowest BCUT2D eigenvalue weighted by Gasteiger charge is -2.28. The lowest BCUT2D eigenvalue weighted by atomic mass is 10.0. The summed E-state index contributed by atoms with van der Waals surface area (Å²) in [5.41, 5.74) is 0.993. The van der Waals surface area contributed by atoms with Crippen molar-refractivity contribution >= 4 is 26.5 Å². The molecule has 3 aromatic rings. The van der Waals surface area contributed by atoms with Crippen LogP contribution >= 0.6 is 0 Å². The molecule has 0 aliphatic carbocycles. The van der Waals surface area contributed by atoms with E-state index in [9.17, 15) is 13.2 Å². The monoisotopic (exact) mass is 369 g/mol. The summed E-state index contributed by atoms with van der Waals surface area (Å²) >= 11 is 0. The molecular formula is C20H19NO4S. The highest BCUT2D eigenvalue weighted by Gasteiger charge is 2.36. The Morgan fingerprint density at radius 3 is 2.62 bits per heavy atom. The number of benzene rings is 2. The second-order valence-electron chi connectivity index (χ2n) is 6.61. The van der Waals surface area contributed by atoms with Crippen LogP contribution in [0.5, 0.6) is 0 Å². The summed E-state index contributed by atoms with van der Waals surface area (Å²) in [6.45, 7) is 0.348. The zero-order valence-electron chi connectivity index (χ0n) is 14.2. The van der Waals surface area contributed by atoms with Crippen molar-refractivity contribution in [3.63, 3.8) is 0 Å². The number of carbonyl (C=O) groups is 1. The average Bonchev–Trinajstić information content (AvgIpc) is 3.29. The van der Waals surface area contributed by atoms with Gasteiger partial charge in [0.05, 0.1) is 17.8 Å². The van der Waals surface area contributed by atoms with E-state index in [4.69, 9.17) is 4.42 Å². The number of rotatable bonds is 4. The van der Waals surface area contributed by atoms with Gasteiger partial charge >= 0.3 is 0 Å². The van der Waals surface area contributed by atoms with Crippen LogP contribution in [0.4, 0.5) is 0 Å². The third-order valence-electron chi connectivity index (χ3n) is 4.86. The third-order valence-corrected chi connectivity index (χ3v) is 6.61. The second kappa shape index (κ2) is 6.61. The Balaban J connectivity index is 1.72. The van der Waals surface area contributed by atoms with E-state index in [1.807, 2.05) is 42.5 Å². The Morgan fingerprint density at radius 1 is 1.08 bits per heavy atom. The van der Waals surface area contributed by atoms with Crippen molar-refractivity contribution in [3.8, 4) is 0 Å². The van der Waals surface area contributed by atoms with Gasteiger partial charge in [0.15, 0.2) is 15.6 Å². The molecule has 1 aromatic heterocycles. The Labute approximate surface area is 152 Å². The van der Waals surface area contributed by atoms with Gasteiger partial charge in [0.1, 0.15) is 0 Å². The number of amides is 1. The van der Waals surface area contributed by atoms with Gasteiger partial charge in [-0.1, -0.05) is 42.5 Å². The Kier molecular flexibility index (Phi) is 4.28. The number of furan rings is 1. The summed E-state index contributed by atoms with van der Waals surface area (Å²) in [6.07, 6.45) is 1.91. The molecular weight excluding hydrogens is 350 g/mol. The van der Waals surface area contributed by atoms with Crippen LogP contribution < -0.4 is 0 Å². The van der Waals surface area contributed by atoms with Gasteiger partial charge in [-0.3, -0.25) is 4.79 Å². The first-order valence-electron chi connectivity index (χ1n) is 8.55. The van der Waals surface area contributed by atoms with Gasteiger partial charge in [-0.2, -0.15) is 0 Å². The van der Waals surface area contributed by atoms with Crippen LogP contribution in [-0.2, 0) is 16.4 Å². The van der Waals surface area contributed by atoms with E-state index >= 15 is 0 Å². The molecule has 6 heteroatoms. The summed E-state index contributed by atoms with van der Waals surface area (Å²) in [6, 6.07) is 16.9. The molecule has 26 heavy (non-hydrogen) atoms. The van der Waals surface area contributed by atoms with Crippen molar-refractivity contribution in [3.05, 3.63) is 72.2 Å². The van der Waals surface area contributed by atoms with Gasteiger partial charge < -0.3 is 9.32 Å². The molecule has 1 amide bonds. The fourth-order valence-corrected chi connectivity index (χ4v) is 5.27. The van der Waals surface area contributed by atoms with Gasteiger partial charge in [-0.15, -0.1) is 0 Å². The minimum Gasteiger partial charge on any atom is -0.459 e. The smallest absolute Gasteiger partial charge is 0.290 e. The maximum Gasteiger partial charge on any atom is 0.290 e. The summed E-state index contributed by atoms with van der Waals surface area (Å²) in [7, 11) is -3.10. The molecule has 2 aromatic carbocycles. The highest BCUT2D eigenvalue weighted by molar-refractivity contribution is 7.91. The van der Waals surface area contributed by atoms with E-state index in [1.165, 1.54) is 6.26 Å². The average molecular weight is 369 g/mol. The molecule has 2 heterocycles. The molecule has 4 rings (SSSR count). The van der Waals surface area contributed by atoms with Crippen LogP contribution in [0.3, 0.4) is 0 Å². The minimum absolute atomic E-state index is 0.00418.